The lowest BCUT2D eigenvalue weighted by Gasteiger charge is -2.25. The quantitative estimate of drug-likeness (QED) is 0.439. The molecule has 4 aromatic rings. The number of nitrogens with one attached hydrogen (secondary N) is 1. The number of hydrogen-bond acceptors (Lipinski definition) is 4. The first kappa shape index (κ1) is 22.8. The van der Waals surface area contributed by atoms with Crippen LogP contribution < -0.4 is 5.43 Å². The number of rotatable bonds is 5. The van der Waals surface area contributed by atoms with Crippen LogP contribution in [0.3, 0.4) is 0 Å². The average Bonchev–Trinajstić information content (AvgIpc) is 3.44. The van der Waals surface area contributed by atoms with Gasteiger partial charge in [0, 0.05) is 32.1 Å². The molecule has 2 aromatic carbocycles. The van der Waals surface area contributed by atoms with Crippen molar-refractivity contribution in [3.05, 3.63) is 102 Å². The van der Waals surface area contributed by atoms with Crippen molar-refractivity contribution in [2.45, 2.75) is 25.9 Å². The minimum absolute atomic E-state index is 0.0487. The van der Waals surface area contributed by atoms with Crippen LogP contribution in [0.5, 0.6) is 0 Å². The number of aromatic nitrogens is 2. The Labute approximate surface area is 204 Å². The summed E-state index contributed by atoms with van der Waals surface area (Å²) in [5.74, 6) is -0.909. The van der Waals surface area contributed by atoms with Crippen LogP contribution >= 0.6 is 0 Å². The molecule has 1 aliphatic rings. The standard InChI is InChI=1S/C28H28FN5O/c1-18-24(17-32(3)31-18)22-11-13-27-30-15-26(34(27)16-22)21-10-12-23(25(29)14-21)28(35)33(4)19(2)20-8-6-5-7-9-20/h5-19,31H,1-4H3/t18?,19-/m0/s1. The molecule has 1 unspecified atom stereocenters. The molecule has 0 radical (unpaired) electrons. The Kier molecular flexibility index (Phi) is 5.86. The zero-order valence-corrected chi connectivity index (χ0v) is 20.2. The van der Waals surface area contributed by atoms with Gasteiger partial charge in [-0.1, -0.05) is 36.4 Å². The van der Waals surface area contributed by atoms with Gasteiger partial charge in [0.2, 0.25) is 0 Å². The average molecular weight is 470 g/mol. The summed E-state index contributed by atoms with van der Waals surface area (Å²) in [4.78, 5) is 19.1. The third kappa shape index (κ3) is 4.19. The number of nitrogens with zero attached hydrogens (tertiary/aromatic N) is 4. The van der Waals surface area contributed by atoms with E-state index in [-0.39, 0.29) is 23.6 Å². The lowest BCUT2D eigenvalue weighted by atomic mass is 10.0. The molecule has 7 heteroatoms. The second-order valence-electron chi connectivity index (χ2n) is 9.03. The number of halogens is 1. The molecular weight excluding hydrogens is 441 g/mol. The van der Waals surface area contributed by atoms with Crippen LogP contribution in [-0.4, -0.2) is 45.3 Å². The third-order valence-electron chi connectivity index (χ3n) is 6.71. The molecule has 35 heavy (non-hydrogen) atoms. The summed E-state index contributed by atoms with van der Waals surface area (Å²) in [5, 5.41) is 1.94. The highest BCUT2D eigenvalue weighted by molar-refractivity contribution is 5.95. The topological polar surface area (TPSA) is 52.9 Å². The molecule has 5 rings (SSSR count). The fourth-order valence-corrected chi connectivity index (χ4v) is 4.59. The van der Waals surface area contributed by atoms with E-state index in [2.05, 4.69) is 23.5 Å². The number of fused-ring (bicyclic) bond motifs is 1. The fourth-order valence-electron chi connectivity index (χ4n) is 4.59. The van der Waals surface area contributed by atoms with E-state index in [1.165, 1.54) is 6.07 Å². The number of hydrogen-bond donors (Lipinski definition) is 1. The summed E-state index contributed by atoms with van der Waals surface area (Å²) < 4.78 is 17.2. The number of amides is 1. The summed E-state index contributed by atoms with van der Waals surface area (Å²) in [6, 6.07) is 18.5. The van der Waals surface area contributed by atoms with Crippen molar-refractivity contribution in [3.63, 3.8) is 0 Å². The van der Waals surface area contributed by atoms with E-state index >= 15 is 4.39 Å². The molecule has 3 heterocycles. The number of carbonyl (C=O) groups is 1. The minimum atomic E-state index is -0.552. The van der Waals surface area contributed by atoms with Gasteiger partial charge in [0.15, 0.2) is 0 Å². The van der Waals surface area contributed by atoms with E-state index in [0.29, 0.717) is 5.56 Å². The highest BCUT2D eigenvalue weighted by Crippen LogP contribution is 2.28. The molecule has 0 spiro atoms. The van der Waals surface area contributed by atoms with Crippen LogP contribution in [-0.2, 0) is 0 Å². The van der Waals surface area contributed by atoms with Crippen LogP contribution in [0.1, 0.15) is 41.4 Å². The number of carbonyl (C=O) groups excluding carboxylic acids is 1. The zero-order chi connectivity index (χ0) is 24.7. The summed E-state index contributed by atoms with van der Waals surface area (Å²) in [6.45, 7) is 4.04. The summed E-state index contributed by atoms with van der Waals surface area (Å²) >= 11 is 0. The normalized spacial score (nSPS) is 16.4. The highest BCUT2D eigenvalue weighted by Gasteiger charge is 2.23. The van der Waals surface area contributed by atoms with Crippen LogP contribution in [0.2, 0.25) is 0 Å². The Balaban J connectivity index is 1.45. The molecule has 2 atom stereocenters. The van der Waals surface area contributed by atoms with Crippen molar-refractivity contribution in [2.75, 3.05) is 14.1 Å². The van der Waals surface area contributed by atoms with Crippen molar-refractivity contribution in [3.8, 4) is 11.3 Å². The molecule has 1 N–H and O–H groups in total. The summed E-state index contributed by atoms with van der Waals surface area (Å²) in [6.07, 6.45) is 5.82. The maximum atomic E-state index is 15.2. The first-order valence-corrected chi connectivity index (χ1v) is 11.6. The molecule has 6 nitrogen and oxygen atoms in total. The van der Waals surface area contributed by atoms with Gasteiger partial charge in [-0.05, 0) is 54.8 Å². The minimum Gasteiger partial charge on any atom is -0.335 e. The summed E-state index contributed by atoms with van der Waals surface area (Å²) in [5.41, 5.74) is 8.80. The number of benzene rings is 2. The molecule has 2 aromatic heterocycles. The maximum Gasteiger partial charge on any atom is 0.257 e. The molecule has 0 saturated carbocycles. The van der Waals surface area contributed by atoms with Gasteiger partial charge < -0.3 is 9.91 Å². The zero-order valence-electron chi connectivity index (χ0n) is 20.2. The number of imidazole rings is 1. The SMILES string of the molecule is CC1NN(C)C=C1c1ccc2ncc(-c3ccc(C(=O)N(C)[C@@H](C)c4ccccc4)c(F)c3)n2c1. The van der Waals surface area contributed by atoms with Crippen LogP contribution in [0, 0.1) is 5.82 Å². The third-order valence-corrected chi connectivity index (χ3v) is 6.71. The van der Waals surface area contributed by atoms with E-state index in [1.54, 1.807) is 30.3 Å². The van der Waals surface area contributed by atoms with E-state index in [1.807, 2.05) is 72.0 Å². The van der Waals surface area contributed by atoms with Gasteiger partial charge in [-0.25, -0.2) is 14.8 Å². The molecule has 1 amide bonds. The van der Waals surface area contributed by atoms with Crippen molar-refractivity contribution < 1.29 is 9.18 Å². The van der Waals surface area contributed by atoms with Gasteiger partial charge in [-0.2, -0.15) is 0 Å². The molecule has 178 valence electrons. The van der Waals surface area contributed by atoms with Gasteiger partial charge in [0.05, 0.1) is 29.5 Å². The fraction of sp³-hybridized carbons (Fsp3) is 0.214. The molecule has 0 saturated heterocycles. The number of hydrazine groups is 1. The molecule has 1 aliphatic heterocycles. The second-order valence-corrected chi connectivity index (χ2v) is 9.03. The largest absolute Gasteiger partial charge is 0.335 e. The predicted molar refractivity (Wildman–Crippen MR) is 136 cm³/mol. The Morgan fingerprint density at radius 2 is 1.86 bits per heavy atom. The van der Waals surface area contributed by atoms with Gasteiger partial charge >= 0.3 is 0 Å². The van der Waals surface area contributed by atoms with Crippen molar-refractivity contribution in [1.29, 1.82) is 0 Å². The first-order valence-electron chi connectivity index (χ1n) is 11.6. The van der Waals surface area contributed by atoms with Gasteiger partial charge in [0.1, 0.15) is 11.5 Å². The lowest BCUT2D eigenvalue weighted by molar-refractivity contribution is 0.0738. The highest BCUT2D eigenvalue weighted by atomic mass is 19.1. The maximum absolute atomic E-state index is 15.2. The van der Waals surface area contributed by atoms with Crippen molar-refractivity contribution >= 4 is 17.1 Å². The van der Waals surface area contributed by atoms with E-state index < -0.39 is 5.82 Å². The number of pyridine rings is 1. The van der Waals surface area contributed by atoms with Gasteiger partial charge in [-0.3, -0.25) is 9.20 Å². The molecule has 0 aliphatic carbocycles. The Morgan fingerprint density at radius 3 is 2.54 bits per heavy atom. The Morgan fingerprint density at radius 1 is 1.11 bits per heavy atom. The van der Waals surface area contributed by atoms with E-state index in [0.717, 1.165) is 28.0 Å². The molecule has 0 bridgehead atoms. The van der Waals surface area contributed by atoms with Crippen LogP contribution in [0.15, 0.2) is 79.3 Å². The lowest BCUT2D eigenvalue weighted by Crippen LogP contribution is -2.30. The Hall–Kier alpha value is -3.97. The first-order chi connectivity index (χ1) is 16.8. The summed E-state index contributed by atoms with van der Waals surface area (Å²) in [7, 11) is 3.67. The van der Waals surface area contributed by atoms with Crippen molar-refractivity contribution in [1.82, 2.24) is 24.7 Å². The monoisotopic (exact) mass is 469 g/mol. The van der Waals surface area contributed by atoms with Crippen molar-refractivity contribution in [2.24, 2.45) is 0 Å². The van der Waals surface area contributed by atoms with Crippen LogP contribution in [0.4, 0.5) is 4.39 Å². The van der Waals surface area contributed by atoms with Gasteiger partial charge in [-0.15, -0.1) is 0 Å². The van der Waals surface area contributed by atoms with Crippen LogP contribution in [0.25, 0.3) is 22.5 Å². The Bertz CT molecular complexity index is 1430. The second kappa shape index (κ2) is 9.00. The van der Waals surface area contributed by atoms with E-state index in [9.17, 15) is 4.79 Å². The van der Waals surface area contributed by atoms with Gasteiger partial charge in [0.25, 0.3) is 5.91 Å². The molecular formula is C28H28FN5O. The van der Waals surface area contributed by atoms with E-state index in [4.69, 9.17) is 0 Å². The smallest absolute Gasteiger partial charge is 0.257 e. The molecule has 0 fully saturated rings. The predicted octanol–water partition coefficient (Wildman–Crippen LogP) is 5.15.